The van der Waals surface area contributed by atoms with Crippen molar-refractivity contribution in [2.24, 2.45) is 0 Å². The lowest BCUT2D eigenvalue weighted by atomic mass is 10.1. The van der Waals surface area contributed by atoms with Gasteiger partial charge in [0.05, 0.1) is 11.3 Å². The van der Waals surface area contributed by atoms with Gasteiger partial charge in [-0.1, -0.05) is 12.1 Å². The fourth-order valence-electron chi connectivity index (χ4n) is 2.91. The van der Waals surface area contributed by atoms with Crippen molar-refractivity contribution in [2.45, 2.75) is 19.3 Å². The summed E-state index contributed by atoms with van der Waals surface area (Å²) in [4.78, 5) is 26.7. The van der Waals surface area contributed by atoms with Crippen LogP contribution in [0.25, 0.3) is 0 Å². The third kappa shape index (κ3) is 4.59. The summed E-state index contributed by atoms with van der Waals surface area (Å²) in [6.07, 6.45) is 3.15. The van der Waals surface area contributed by atoms with E-state index in [-0.39, 0.29) is 24.2 Å². The Morgan fingerprint density at radius 2 is 1.69 bits per heavy atom. The SMILES string of the molecule is O=C(COc1ccc(F)cc1)Nc1ccccc1C(=O)N1CCCCC1. The Labute approximate surface area is 151 Å². The van der Waals surface area contributed by atoms with Crippen molar-refractivity contribution in [2.75, 3.05) is 25.0 Å². The van der Waals surface area contributed by atoms with E-state index in [4.69, 9.17) is 4.74 Å². The molecule has 5 nitrogen and oxygen atoms in total. The standard InChI is InChI=1S/C20H21FN2O3/c21-15-8-10-16(11-9-15)26-14-19(24)22-18-7-3-2-6-17(18)20(25)23-12-4-1-5-13-23/h2-3,6-11H,1,4-5,12-14H2,(H,22,24). The van der Waals surface area contributed by atoms with E-state index in [1.165, 1.54) is 24.3 Å². The van der Waals surface area contributed by atoms with Crippen LogP contribution >= 0.6 is 0 Å². The molecule has 0 atom stereocenters. The number of rotatable bonds is 5. The average molecular weight is 356 g/mol. The van der Waals surface area contributed by atoms with Crippen LogP contribution in [0.5, 0.6) is 5.75 Å². The summed E-state index contributed by atoms with van der Waals surface area (Å²) in [6, 6.07) is 12.4. The second-order valence-electron chi connectivity index (χ2n) is 6.19. The minimum absolute atomic E-state index is 0.0694. The van der Waals surface area contributed by atoms with E-state index in [2.05, 4.69) is 5.32 Å². The molecule has 0 aromatic heterocycles. The Hall–Kier alpha value is -2.89. The minimum atomic E-state index is -0.381. The third-order valence-electron chi connectivity index (χ3n) is 4.26. The molecule has 0 bridgehead atoms. The van der Waals surface area contributed by atoms with Crippen molar-refractivity contribution in [1.82, 2.24) is 4.90 Å². The zero-order valence-corrected chi connectivity index (χ0v) is 14.4. The molecule has 2 aromatic rings. The summed E-state index contributed by atoms with van der Waals surface area (Å²) in [5.41, 5.74) is 0.945. The Kier molecular flexibility index (Phi) is 5.84. The van der Waals surface area contributed by atoms with Gasteiger partial charge in [-0.25, -0.2) is 4.39 Å². The van der Waals surface area contributed by atoms with Gasteiger partial charge in [-0.05, 0) is 55.7 Å². The maximum Gasteiger partial charge on any atom is 0.262 e. The smallest absolute Gasteiger partial charge is 0.262 e. The summed E-state index contributed by atoms with van der Waals surface area (Å²) in [6.45, 7) is 1.27. The molecule has 26 heavy (non-hydrogen) atoms. The van der Waals surface area contributed by atoms with Gasteiger partial charge < -0.3 is 15.0 Å². The molecule has 1 N–H and O–H groups in total. The van der Waals surface area contributed by atoms with E-state index in [0.717, 1.165) is 32.4 Å². The number of nitrogens with one attached hydrogen (secondary N) is 1. The van der Waals surface area contributed by atoms with Crippen molar-refractivity contribution < 1.29 is 18.7 Å². The van der Waals surface area contributed by atoms with Gasteiger partial charge in [0.15, 0.2) is 6.61 Å². The van der Waals surface area contributed by atoms with Crippen LogP contribution in [0.2, 0.25) is 0 Å². The molecule has 0 unspecified atom stereocenters. The molecule has 0 saturated carbocycles. The number of halogens is 1. The first-order chi connectivity index (χ1) is 12.6. The molecule has 2 amide bonds. The van der Waals surface area contributed by atoms with Crippen molar-refractivity contribution in [3.63, 3.8) is 0 Å². The number of piperidine rings is 1. The highest BCUT2D eigenvalue weighted by Gasteiger charge is 2.21. The third-order valence-corrected chi connectivity index (χ3v) is 4.26. The van der Waals surface area contributed by atoms with Crippen LogP contribution in [-0.4, -0.2) is 36.4 Å². The molecule has 1 aliphatic rings. The number of amides is 2. The Morgan fingerprint density at radius 3 is 2.42 bits per heavy atom. The largest absolute Gasteiger partial charge is 0.484 e. The van der Waals surface area contributed by atoms with E-state index < -0.39 is 0 Å². The van der Waals surface area contributed by atoms with Crippen LogP contribution in [-0.2, 0) is 4.79 Å². The van der Waals surface area contributed by atoms with Gasteiger partial charge in [-0.15, -0.1) is 0 Å². The van der Waals surface area contributed by atoms with Gasteiger partial charge in [-0.2, -0.15) is 0 Å². The summed E-state index contributed by atoms with van der Waals surface area (Å²) >= 11 is 0. The molecule has 1 aliphatic heterocycles. The number of hydrogen-bond acceptors (Lipinski definition) is 3. The lowest BCUT2D eigenvalue weighted by molar-refractivity contribution is -0.118. The van der Waals surface area contributed by atoms with Crippen molar-refractivity contribution >= 4 is 17.5 Å². The number of nitrogens with zero attached hydrogens (tertiary/aromatic N) is 1. The maximum atomic E-state index is 12.9. The van der Waals surface area contributed by atoms with E-state index in [1.807, 2.05) is 4.90 Å². The number of hydrogen-bond donors (Lipinski definition) is 1. The molecule has 0 aliphatic carbocycles. The molecule has 2 aromatic carbocycles. The van der Waals surface area contributed by atoms with Crippen LogP contribution in [0.1, 0.15) is 29.6 Å². The van der Waals surface area contributed by atoms with E-state index in [9.17, 15) is 14.0 Å². The second kappa shape index (κ2) is 8.47. The second-order valence-corrected chi connectivity index (χ2v) is 6.19. The fourth-order valence-corrected chi connectivity index (χ4v) is 2.91. The first kappa shape index (κ1) is 17.9. The van der Waals surface area contributed by atoms with Crippen LogP contribution in [0.4, 0.5) is 10.1 Å². The Bertz CT molecular complexity index is 771. The molecule has 1 saturated heterocycles. The van der Waals surface area contributed by atoms with Crippen LogP contribution in [0.15, 0.2) is 48.5 Å². The van der Waals surface area contributed by atoms with Crippen molar-refractivity contribution in [3.05, 3.63) is 59.9 Å². The van der Waals surface area contributed by atoms with Gasteiger partial charge in [-0.3, -0.25) is 9.59 Å². The molecule has 1 heterocycles. The molecule has 0 spiro atoms. The molecule has 3 rings (SSSR count). The highest BCUT2D eigenvalue weighted by molar-refractivity contribution is 6.04. The van der Waals surface area contributed by atoms with Crippen LogP contribution in [0.3, 0.4) is 0 Å². The number of anilines is 1. The number of carbonyl (C=O) groups is 2. The topological polar surface area (TPSA) is 58.6 Å². The van der Waals surface area contributed by atoms with Gasteiger partial charge >= 0.3 is 0 Å². The number of carbonyl (C=O) groups excluding carboxylic acids is 2. The lowest BCUT2D eigenvalue weighted by Crippen LogP contribution is -2.36. The monoisotopic (exact) mass is 356 g/mol. The molecule has 136 valence electrons. The van der Waals surface area contributed by atoms with Crippen LogP contribution in [0, 0.1) is 5.82 Å². The summed E-state index contributed by atoms with van der Waals surface area (Å²) in [5, 5.41) is 2.73. The average Bonchev–Trinajstić information content (AvgIpc) is 2.68. The molecule has 0 radical (unpaired) electrons. The van der Waals surface area contributed by atoms with E-state index in [1.54, 1.807) is 24.3 Å². The highest BCUT2D eigenvalue weighted by atomic mass is 19.1. The highest BCUT2D eigenvalue weighted by Crippen LogP contribution is 2.20. The summed E-state index contributed by atoms with van der Waals surface area (Å²) in [5.74, 6) is -0.417. The summed E-state index contributed by atoms with van der Waals surface area (Å²) < 4.78 is 18.2. The Balaban J connectivity index is 1.62. The van der Waals surface area contributed by atoms with Crippen molar-refractivity contribution in [3.8, 4) is 5.75 Å². The summed E-state index contributed by atoms with van der Waals surface area (Å²) in [7, 11) is 0. The molecular weight excluding hydrogens is 335 g/mol. The fraction of sp³-hybridized carbons (Fsp3) is 0.300. The number of para-hydroxylation sites is 1. The minimum Gasteiger partial charge on any atom is -0.484 e. The molecule has 6 heteroatoms. The number of benzene rings is 2. The quantitative estimate of drug-likeness (QED) is 0.892. The maximum absolute atomic E-state index is 12.9. The predicted octanol–water partition coefficient (Wildman–Crippen LogP) is 3.47. The zero-order valence-electron chi connectivity index (χ0n) is 14.4. The first-order valence-corrected chi connectivity index (χ1v) is 8.70. The number of ether oxygens (including phenoxy) is 1. The molecule has 1 fully saturated rings. The van der Waals surface area contributed by atoms with Crippen molar-refractivity contribution in [1.29, 1.82) is 0 Å². The first-order valence-electron chi connectivity index (χ1n) is 8.70. The van der Waals surface area contributed by atoms with Gasteiger partial charge in [0, 0.05) is 13.1 Å². The molecular formula is C20H21FN2O3. The number of likely N-dealkylation sites (tertiary alicyclic amines) is 1. The zero-order chi connectivity index (χ0) is 18.4. The lowest BCUT2D eigenvalue weighted by Gasteiger charge is -2.27. The normalized spacial score (nSPS) is 14.0. The Morgan fingerprint density at radius 1 is 1.00 bits per heavy atom. The van der Waals surface area contributed by atoms with Crippen LogP contribution < -0.4 is 10.1 Å². The van der Waals surface area contributed by atoms with E-state index in [0.29, 0.717) is 17.0 Å². The van der Waals surface area contributed by atoms with Gasteiger partial charge in [0.2, 0.25) is 0 Å². The van der Waals surface area contributed by atoms with Gasteiger partial charge in [0.1, 0.15) is 11.6 Å². The van der Waals surface area contributed by atoms with E-state index >= 15 is 0 Å². The predicted molar refractivity (Wildman–Crippen MR) is 96.7 cm³/mol. The van der Waals surface area contributed by atoms with Gasteiger partial charge in [0.25, 0.3) is 11.8 Å².